The van der Waals surface area contributed by atoms with Gasteiger partial charge in [0.15, 0.2) is 0 Å². The van der Waals surface area contributed by atoms with Crippen molar-refractivity contribution in [2.45, 2.75) is 38.1 Å². The molecule has 1 aliphatic carbocycles. The number of carbonyl (C=O) groups excluding carboxylic acids is 1. The Kier molecular flexibility index (Phi) is 5.37. The lowest BCUT2D eigenvalue weighted by molar-refractivity contribution is -0.151. The van der Waals surface area contributed by atoms with E-state index < -0.39 is 0 Å². The zero-order valence-electron chi connectivity index (χ0n) is 10.9. The van der Waals surface area contributed by atoms with E-state index in [2.05, 4.69) is 14.6 Å². The summed E-state index contributed by atoms with van der Waals surface area (Å²) in [6, 6.07) is 0.818. The van der Waals surface area contributed by atoms with Crippen LogP contribution < -0.4 is 11.4 Å². The summed E-state index contributed by atoms with van der Waals surface area (Å²) in [5, 5.41) is 0. The smallest absolute Gasteiger partial charge is 0.327 e. The minimum atomic E-state index is -0.296. The van der Waals surface area contributed by atoms with Gasteiger partial charge in [0.05, 0.1) is 6.42 Å². The van der Waals surface area contributed by atoms with E-state index in [1.807, 2.05) is 5.59 Å². The molecule has 0 unspecified atom stereocenters. The normalized spacial score (nSPS) is 23.4. The highest BCUT2D eigenvalue weighted by atomic mass is 16.7. The molecule has 6 nitrogen and oxygen atoms in total. The molecule has 0 amide bonds. The van der Waals surface area contributed by atoms with Crippen LogP contribution >= 0.6 is 0 Å². The lowest BCUT2D eigenvalue weighted by Crippen LogP contribution is -2.50. The van der Waals surface area contributed by atoms with Crippen molar-refractivity contribution in [3.63, 3.8) is 0 Å². The molecular formula is C12H24N4O2. The van der Waals surface area contributed by atoms with Gasteiger partial charge in [0, 0.05) is 38.8 Å². The number of carbonyl (C=O) groups is 1. The first kappa shape index (κ1) is 13.7. The fraction of sp³-hybridized carbons (Fsp3) is 0.917. The molecule has 0 atom stereocenters. The maximum Gasteiger partial charge on any atom is 0.327 e. The number of hydrazine groups is 1. The maximum absolute atomic E-state index is 11.2. The molecule has 2 aliphatic rings. The minimum Gasteiger partial charge on any atom is -0.356 e. The molecule has 3 N–H and O–H groups in total. The number of hydrogen-bond donors (Lipinski definition) is 2. The van der Waals surface area contributed by atoms with Crippen LogP contribution in [0.2, 0.25) is 0 Å². The molecule has 0 aromatic heterocycles. The van der Waals surface area contributed by atoms with E-state index >= 15 is 0 Å². The van der Waals surface area contributed by atoms with Crippen molar-refractivity contribution in [3.8, 4) is 0 Å². The van der Waals surface area contributed by atoms with Gasteiger partial charge in [-0.3, -0.25) is 9.69 Å². The van der Waals surface area contributed by atoms with Crippen molar-refractivity contribution >= 4 is 5.97 Å². The number of piperazine rings is 1. The van der Waals surface area contributed by atoms with Gasteiger partial charge in [-0.15, -0.1) is 0 Å². The fourth-order valence-electron chi connectivity index (χ4n) is 2.99. The van der Waals surface area contributed by atoms with Gasteiger partial charge in [0.25, 0.3) is 0 Å². The molecule has 6 heteroatoms. The predicted octanol–water partition coefficient (Wildman–Crippen LogP) is -0.142. The Morgan fingerprint density at radius 3 is 2.50 bits per heavy atom. The van der Waals surface area contributed by atoms with E-state index in [1.54, 1.807) is 0 Å². The summed E-state index contributed by atoms with van der Waals surface area (Å²) in [7, 11) is 0. The Labute approximate surface area is 108 Å². The van der Waals surface area contributed by atoms with Crippen LogP contribution in [0, 0.1) is 0 Å². The molecule has 104 valence electrons. The van der Waals surface area contributed by atoms with Gasteiger partial charge in [0.2, 0.25) is 0 Å². The molecule has 0 aromatic carbocycles. The number of hydrogen-bond acceptors (Lipinski definition) is 6. The van der Waals surface area contributed by atoms with E-state index in [-0.39, 0.29) is 5.97 Å². The van der Waals surface area contributed by atoms with E-state index in [0.717, 1.165) is 38.8 Å². The van der Waals surface area contributed by atoms with Crippen molar-refractivity contribution < 1.29 is 9.63 Å². The third kappa shape index (κ3) is 3.91. The second-order valence-electron chi connectivity index (χ2n) is 5.16. The molecule has 0 bridgehead atoms. The second-order valence-corrected chi connectivity index (χ2v) is 5.16. The molecule has 0 spiro atoms. The van der Waals surface area contributed by atoms with Crippen LogP contribution in [0.5, 0.6) is 0 Å². The van der Waals surface area contributed by atoms with Crippen LogP contribution in [-0.2, 0) is 9.63 Å². The van der Waals surface area contributed by atoms with Gasteiger partial charge in [-0.1, -0.05) is 18.4 Å². The fourth-order valence-corrected chi connectivity index (χ4v) is 2.99. The van der Waals surface area contributed by atoms with Gasteiger partial charge in [-0.2, -0.15) is 0 Å². The van der Waals surface area contributed by atoms with Crippen molar-refractivity contribution in [1.29, 1.82) is 0 Å². The van der Waals surface area contributed by atoms with Gasteiger partial charge < -0.3 is 9.74 Å². The Hall–Kier alpha value is -0.690. The van der Waals surface area contributed by atoms with E-state index in [0.29, 0.717) is 6.42 Å². The average Bonchev–Trinajstić information content (AvgIpc) is 2.91. The zero-order chi connectivity index (χ0) is 12.8. The Morgan fingerprint density at radius 1 is 1.22 bits per heavy atom. The Morgan fingerprint density at radius 2 is 1.89 bits per heavy atom. The van der Waals surface area contributed by atoms with Crippen molar-refractivity contribution in [2.24, 2.45) is 5.84 Å². The van der Waals surface area contributed by atoms with E-state index in [1.165, 1.54) is 25.7 Å². The third-order valence-electron chi connectivity index (χ3n) is 4.05. The van der Waals surface area contributed by atoms with Crippen molar-refractivity contribution in [1.82, 2.24) is 15.4 Å². The van der Waals surface area contributed by atoms with Crippen LogP contribution in [0.1, 0.15) is 32.1 Å². The number of rotatable bonds is 5. The van der Waals surface area contributed by atoms with Crippen LogP contribution in [0.3, 0.4) is 0 Å². The SMILES string of the molecule is NNOC(=O)CCN1CCN(C2CCCC2)CC1. The van der Waals surface area contributed by atoms with Crippen molar-refractivity contribution in [3.05, 3.63) is 0 Å². The molecule has 0 aromatic rings. The molecule has 1 saturated carbocycles. The number of nitrogens with zero attached hydrogens (tertiary/aromatic N) is 2. The largest absolute Gasteiger partial charge is 0.356 e. The Balaban J connectivity index is 1.62. The summed E-state index contributed by atoms with van der Waals surface area (Å²) in [6.07, 6.45) is 5.92. The summed E-state index contributed by atoms with van der Waals surface area (Å²) in [6.45, 7) is 5.14. The summed E-state index contributed by atoms with van der Waals surface area (Å²) in [5.41, 5.74) is 1.92. The highest BCUT2D eigenvalue weighted by Gasteiger charge is 2.26. The predicted molar refractivity (Wildman–Crippen MR) is 68.3 cm³/mol. The molecule has 2 fully saturated rings. The summed E-state index contributed by atoms with van der Waals surface area (Å²) in [5.74, 6) is 4.62. The molecule has 2 rings (SSSR count). The van der Waals surface area contributed by atoms with Gasteiger partial charge in [-0.05, 0) is 12.8 Å². The summed E-state index contributed by atoms with van der Waals surface area (Å²) in [4.78, 5) is 20.6. The standard InChI is InChI=1S/C12H24N4O2/c13-14-18-12(17)5-6-15-7-9-16(10-8-15)11-3-1-2-4-11/h11,14H,1-10,13H2. The molecular weight excluding hydrogens is 232 g/mol. The maximum atomic E-state index is 11.2. The summed E-state index contributed by atoms with van der Waals surface area (Å²) < 4.78 is 0. The van der Waals surface area contributed by atoms with Gasteiger partial charge >= 0.3 is 5.97 Å². The summed E-state index contributed by atoms with van der Waals surface area (Å²) >= 11 is 0. The van der Waals surface area contributed by atoms with E-state index in [9.17, 15) is 4.79 Å². The van der Waals surface area contributed by atoms with Gasteiger partial charge in [0.1, 0.15) is 0 Å². The molecule has 18 heavy (non-hydrogen) atoms. The number of nitrogens with two attached hydrogens (primary N) is 1. The number of nitrogens with one attached hydrogen (secondary N) is 1. The van der Waals surface area contributed by atoms with Crippen LogP contribution in [-0.4, -0.2) is 54.5 Å². The first-order valence-electron chi connectivity index (χ1n) is 6.91. The second kappa shape index (κ2) is 7.04. The van der Waals surface area contributed by atoms with Gasteiger partial charge in [-0.25, -0.2) is 5.84 Å². The van der Waals surface area contributed by atoms with Crippen LogP contribution in [0.4, 0.5) is 0 Å². The first-order chi connectivity index (χ1) is 8.79. The van der Waals surface area contributed by atoms with Crippen LogP contribution in [0.25, 0.3) is 0 Å². The highest BCUT2D eigenvalue weighted by molar-refractivity contribution is 5.69. The molecule has 1 aliphatic heterocycles. The molecule has 0 radical (unpaired) electrons. The monoisotopic (exact) mass is 256 g/mol. The minimum absolute atomic E-state index is 0.296. The molecule has 1 heterocycles. The van der Waals surface area contributed by atoms with Crippen molar-refractivity contribution in [2.75, 3.05) is 32.7 Å². The zero-order valence-corrected chi connectivity index (χ0v) is 10.9. The average molecular weight is 256 g/mol. The lowest BCUT2D eigenvalue weighted by Gasteiger charge is -2.37. The third-order valence-corrected chi connectivity index (χ3v) is 4.05. The highest BCUT2D eigenvalue weighted by Crippen LogP contribution is 2.24. The Bertz CT molecular complexity index is 261. The molecule has 1 saturated heterocycles. The van der Waals surface area contributed by atoms with E-state index in [4.69, 9.17) is 5.84 Å². The first-order valence-corrected chi connectivity index (χ1v) is 6.91. The lowest BCUT2D eigenvalue weighted by atomic mass is 10.2. The quantitative estimate of drug-likeness (QED) is 0.527. The van der Waals surface area contributed by atoms with Crippen LogP contribution in [0.15, 0.2) is 0 Å². The topological polar surface area (TPSA) is 70.8 Å².